The molecule has 1 aliphatic heterocycles. The lowest BCUT2D eigenvalue weighted by atomic mass is 9.87. The van der Waals surface area contributed by atoms with Gasteiger partial charge >= 0.3 is 5.97 Å². The first kappa shape index (κ1) is 26.8. The van der Waals surface area contributed by atoms with Crippen LogP contribution in [-0.2, 0) is 28.5 Å². The second-order valence-electron chi connectivity index (χ2n) is 7.81. The zero-order valence-corrected chi connectivity index (χ0v) is 19.4. The maximum absolute atomic E-state index is 12.5. The molecule has 1 heterocycles. The monoisotopic (exact) mass is 430 g/mol. The average molecular weight is 431 g/mol. The highest BCUT2D eigenvalue weighted by Crippen LogP contribution is 2.24. The number of carbonyl (C=O) groups is 2. The minimum atomic E-state index is -0.740. The van der Waals surface area contributed by atoms with Crippen molar-refractivity contribution in [3.8, 4) is 0 Å². The van der Waals surface area contributed by atoms with Gasteiger partial charge in [0.2, 0.25) is 5.91 Å². The summed E-state index contributed by atoms with van der Waals surface area (Å²) in [7, 11) is 1.35. The van der Waals surface area contributed by atoms with Gasteiger partial charge in [-0.15, -0.1) is 0 Å². The van der Waals surface area contributed by atoms with Crippen molar-refractivity contribution in [1.29, 1.82) is 0 Å². The number of methoxy groups -OCH3 is 1. The van der Waals surface area contributed by atoms with Crippen molar-refractivity contribution in [1.82, 2.24) is 10.6 Å². The van der Waals surface area contributed by atoms with E-state index >= 15 is 0 Å². The molecule has 0 radical (unpaired) electrons. The average Bonchev–Trinajstić information content (AvgIpc) is 2.73. The van der Waals surface area contributed by atoms with Crippen molar-refractivity contribution in [2.24, 2.45) is 0 Å². The third kappa shape index (κ3) is 8.88. The summed E-state index contributed by atoms with van der Waals surface area (Å²) in [5.41, 5.74) is 0. The van der Waals surface area contributed by atoms with Crippen LogP contribution in [0.1, 0.15) is 66.2 Å². The smallest absolute Gasteiger partial charge is 0.325 e. The molecule has 176 valence electrons. The van der Waals surface area contributed by atoms with Crippen LogP contribution in [0, 0.1) is 0 Å². The molecule has 0 aromatic carbocycles. The molecule has 0 unspecified atom stereocenters. The van der Waals surface area contributed by atoms with E-state index in [0.717, 1.165) is 38.5 Å². The minimum absolute atomic E-state index is 0.232. The second-order valence-corrected chi connectivity index (χ2v) is 7.81. The van der Waals surface area contributed by atoms with Gasteiger partial charge in [-0.3, -0.25) is 14.9 Å². The zero-order chi connectivity index (χ0) is 22.4. The SMILES string of the molecule is CCCCOC[C@H]1N[C@@H](C(=O)OC)[C@H](NC(C)=O)[C@@H](OCCCC)[C@@H]1OCCCC. The van der Waals surface area contributed by atoms with Crippen LogP contribution in [0.15, 0.2) is 0 Å². The number of esters is 1. The third-order valence-electron chi connectivity index (χ3n) is 5.21. The minimum Gasteiger partial charge on any atom is -0.468 e. The highest BCUT2D eigenvalue weighted by molar-refractivity contribution is 5.80. The molecule has 1 amide bonds. The fourth-order valence-electron chi connectivity index (χ4n) is 3.53. The zero-order valence-electron chi connectivity index (χ0n) is 19.4. The summed E-state index contributed by atoms with van der Waals surface area (Å²) in [4.78, 5) is 24.5. The van der Waals surface area contributed by atoms with Gasteiger partial charge in [0.15, 0.2) is 0 Å². The summed E-state index contributed by atoms with van der Waals surface area (Å²) >= 11 is 0. The number of rotatable bonds is 15. The number of nitrogens with one attached hydrogen (secondary N) is 2. The van der Waals surface area contributed by atoms with Crippen LogP contribution in [0.2, 0.25) is 0 Å². The van der Waals surface area contributed by atoms with Gasteiger partial charge in [-0.25, -0.2) is 0 Å². The highest BCUT2D eigenvalue weighted by Gasteiger charge is 2.49. The van der Waals surface area contributed by atoms with Gasteiger partial charge in [-0.1, -0.05) is 40.0 Å². The van der Waals surface area contributed by atoms with Crippen molar-refractivity contribution >= 4 is 11.9 Å². The number of hydrogen-bond donors (Lipinski definition) is 2. The van der Waals surface area contributed by atoms with Gasteiger partial charge < -0.3 is 24.3 Å². The summed E-state index contributed by atoms with van der Waals surface area (Å²) in [6.07, 6.45) is 4.99. The molecule has 0 bridgehead atoms. The molecule has 0 saturated carbocycles. The number of unbranched alkanes of at least 4 members (excludes halogenated alkanes) is 3. The predicted octanol–water partition coefficient (Wildman–Crippen LogP) is 2.19. The largest absolute Gasteiger partial charge is 0.468 e. The van der Waals surface area contributed by atoms with E-state index in [0.29, 0.717) is 26.4 Å². The maximum atomic E-state index is 12.5. The molecule has 0 aromatic rings. The molecule has 1 fully saturated rings. The highest BCUT2D eigenvalue weighted by atomic mass is 16.5. The molecule has 0 spiro atoms. The fraction of sp³-hybridized carbons (Fsp3) is 0.909. The molecule has 1 rings (SSSR count). The van der Waals surface area contributed by atoms with Gasteiger partial charge in [-0.05, 0) is 19.3 Å². The molecule has 1 saturated heterocycles. The molecule has 0 aromatic heterocycles. The van der Waals surface area contributed by atoms with E-state index in [9.17, 15) is 9.59 Å². The van der Waals surface area contributed by atoms with Gasteiger partial charge in [0.1, 0.15) is 18.2 Å². The van der Waals surface area contributed by atoms with Gasteiger partial charge in [0, 0.05) is 26.7 Å². The molecule has 30 heavy (non-hydrogen) atoms. The summed E-state index contributed by atoms with van der Waals surface area (Å²) in [5, 5.41) is 6.21. The number of amides is 1. The normalized spacial score (nSPS) is 26.4. The Bertz CT molecular complexity index is 490. The third-order valence-corrected chi connectivity index (χ3v) is 5.21. The van der Waals surface area contributed by atoms with Crippen LogP contribution in [0.4, 0.5) is 0 Å². The topological polar surface area (TPSA) is 95.1 Å². The van der Waals surface area contributed by atoms with Crippen molar-refractivity contribution in [2.75, 3.05) is 33.5 Å². The van der Waals surface area contributed by atoms with Crippen LogP contribution in [0.3, 0.4) is 0 Å². The summed E-state index contributed by atoms with van der Waals surface area (Å²) in [5.74, 6) is -0.673. The van der Waals surface area contributed by atoms with Crippen LogP contribution in [-0.4, -0.2) is 75.7 Å². The van der Waals surface area contributed by atoms with Gasteiger partial charge in [0.05, 0.1) is 25.8 Å². The Kier molecular flexibility index (Phi) is 13.9. The molecular weight excluding hydrogens is 388 g/mol. The molecule has 0 aliphatic carbocycles. The summed E-state index contributed by atoms with van der Waals surface area (Å²) in [6, 6.07) is -1.58. The number of carbonyl (C=O) groups excluding carboxylic acids is 2. The first-order valence-corrected chi connectivity index (χ1v) is 11.4. The van der Waals surface area contributed by atoms with Gasteiger partial charge in [0.25, 0.3) is 0 Å². The lowest BCUT2D eigenvalue weighted by molar-refractivity contribution is -0.162. The van der Waals surface area contributed by atoms with E-state index in [-0.39, 0.29) is 18.1 Å². The van der Waals surface area contributed by atoms with E-state index in [2.05, 4.69) is 31.4 Å². The van der Waals surface area contributed by atoms with E-state index in [4.69, 9.17) is 18.9 Å². The lowest BCUT2D eigenvalue weighted by Gasteiger charge is -2.46. The number of piperidine rings is 1. The van der Waals surface area contributed by atoms with Crippen molar-refractivity contribution in [3.63, 3.8) is 0 Å². The Morgan fingerprint density at radius 3 is 2.00 bits per heavy atom. The second kappa shape index (κ2) is 15.6. The summed E-state index contributed by atoms with van der Waals surface area (Å²) < 4.78 is 23.3. The Morgan fingerprint density at radius 1 is 0.900 bits per heavy atom. The fourth-order valence-corrected chi connectivity index (χ4v) is 3.53. The van der Waals surface area contributed by atoms with E-state index in [1.807, 2.05) is 0 Å². The number of ether oxygens (including phenoxy) is 4. The quantitative estimate of drug-likeness (QED) is 0.304. The Morgan fingerprint density at radius 2 is 1.47 bits per heavy atom. The molecule has 8 heteroatoms. The Balaban J connectivity index is 3.13. The molecule has 5 atom stereocenters. The van der Waals surface area contributed by atoms with Crippen molar-refractivity contribution in [3.05, 3.63) is 0 Å². The van der Waals surface area contributed by atoms with Crippen LogP contribution >= 0.6 is 0 Å². The number of hydrogen-bond acceptors (Lipinski definition) is 7. The lowest BCUT2D eigenvalue weighted by Crippen LogP contribution is -2.73. The van der Waals surface area contributed by atoms with Crippen molar-refractivity contribution in [2.45, 2.75) is 96.6 Å². The standard InChI is InChI=1S/C22H42N2O6/c1-6-9-12-28-15-17-20(29-13-10-7-2)21(30-14-11-8-3)18(23-16(4)25)19(24-17)22(26)27-5/h17-21,24H,6-15H2,1-5H3,(H,23,25)/t17-,18+,19-,20-,21-/m1/s1. The van der Waals surface area contributed by atoms with E-state index < -0.39 is 24.2 Å². The molecular formula is C22H42N2O6. The first-order valence-electron chi connectivity index (χ1n) is 11.4. The predicted molar refractivity (Wildman–Crippen MR) is 115 cm³/mol. The van der Waals surface area contributed by atoms with Gasteiger partial charge in [-0.2, -0.15) is 0 Å². The molecule has 2 N–H and O–H groups in total. The van der Waals surface area contributed by atoms with Crippen LogP contribution < -0.4 is 10.6 Å². The van der Waals surface area contributed by atoms with Crippen LogP contribution in [0.25, 0.3) is 0 Å². The Hall–Kier alpha value is -1.22. The first-order chi connectivity index (χ1) is 14.5. The molecule has 1 aliphatic rings. The van der Waals surface area contributed by atoms with Crippen LogP contribution in [0.5, 0.6) is 0 Å². The Labute approximate surface area is 181 Å². The van der Waals surface area contributed by atoms with Crippen molar-refractivity contribution < 1.29 is 28.5 Å². The van der Waals surface area contributed by atoms with E-state index in [1.165, 1.54) is 14.0 Å². The summed E-state index contributed by atoms with van der Waals surface area (Å²) in [6.45, 7) is 9.90. The van der Waals surface area contributed by atoms with E-state index in [1.54, 1.807) is 0 Å². The molecule has 8 nitrogen and oxygen atoms in total. The maximum Gasteiger partial charge on any atom is 0.325 e.